The largest absolute Gasteiger partial charge is 0.333 e. The maximum absolute atomic E-state index is 12.6. The molecule has 1 aromatic carbocycles. The summed E-state index contributed by atoms with van der Waals surface area (Å²) in [5.74, 6) is -0.207. The van der Waals surface area contributed by atoms with Gasteiger partial charge in [-0.05, 0) is 25.3 Å². The molecule has 1 atom stereocenters. The van der Waals surface area contributed by atoms with E-state index < -0.39 is 4.92 Å². The van der Waals surface area contributed by atoms with Crippen molar-refractivity contribution in [2.75, 3.05) is 13.1 Å². The number of nitro groups is 1. The summed E-state index contributed by atoms with van der Waals surface area (Å²) in [6.07, 6.45) is 4.39. The summed E-state index contributed by atoms with van der Waals surface area (Å²) in [5.41, 5.74) is 6.39. The van der Waals surface area contributed by atoms with E-state index in [1.54, 1.807) is 17.0 Å². The molecule has 0 spiro atoms. The lowest BCUT2D eigenvalue weighted by Crippen LogP contribution is -2.47. The third-order valence-corrected chi connectivity index (χ3v) is 4.18. The number of hydrogen-bond donors (Lipinski definition) is 1. The maximum Gasteiger partial charge on any atom is 0.276 e. The predicted octanol–water partition coefficient (Wildman–Crippen LogP) is 1.55. The van der Waals surface area contributed by atoms with Gasteiger partial charge in [0.25, 0.3) is 11.6 Å². The van der Waals surface area contributed by atoms with Crippen molar-refractivity contribution in [3.8, 4) is 5.69 Å². The van der Waals surface area contributed by atoms with Crippen molar-refractivity contribution < 1.29 is 9.72 Å². The van der Waals surface area contributed by atoms with Crippen LogP contribution in [0.5, 0.6) is 0 Å². The van der Waals surface area contributed by atoms with Gasteiger partial charge in [-0.25, -0.2) is 4.68 Å². The molecule has 0 aliphatic carbocycles. The van der Waals surface area contributed by atoms with Gasteiger partial charge in [0, 0.05) is 31.3 Å². The number of non-ortho nitro benzene ring substituents is 1. The Hall–Kier alpha value is -2.52. The molecule has 1 unspecified atom stereocenters. The van der Waals surface area contributed by atoms with Crippen molar-refractivity contribution in [2.45, 2.75) is 25.3 Å². The fourth-order valence-electron chi connectivity index (χ4n) is 2.90. The lowest BCUT2D eigenvalue weighted by molar-refractivity contribution is -0.384. The number of nitrogens with two attached hydrogens (primary N) is 1. The Balaban J connectivity index is 0.00000225. The van der Waals surface area contributed by atoms with Gasteiger partial charge in [0.05, 0.1) is 16.8 Å². The number of carbonyl (C=O) groups is 1. The van der Waals surface area contributed by atoms with E-state index in [9.17, 15) is 14.9 Å². The Morgan fingerprint density at radius 1 is 1.40 bits per heavy atom. The SMILES string of the molecule is Cl.NCC1CCCCN1C(=O)c1cn(-c2cccc([N+](=O)[O-])c2)nn1. The van der Waals surface area contributed by atoms with Gasteiger partial charge in [-0.1, -0.05) is 11.3 Å². The molecule has 1 aliphatic rings. The first-order chi connectivity index (χ1) is 11.6. The Labute approximate surface area is 150 Å². The second-order valence-electron chi connectivity index (χ2n) is 5.71. The van der Waals surface area contributed by atoms with Crippen molar-refractivity contribution in [3.63, 3.8) is 0 Å². The fraction of sp³-hybridized carbons (Fsp3) is 0.400. The molecule has 10 heteroatoms. The second-order valence-corrected chi connectivity index (χ2v) is 5.71. The number of benzene rings is 1. The first-order valence-corrected chi connectivity index (χ1v) is 7.78. The van der Waals surface area contributed by atoms with Crippen LogP contribution in [0.1, 0.15) is 29.8 Å². The molecule has 0 radical (unpaired) electrons. The van der Waals surface area contributed by atoms with Gasteiger partial charge in [0.1, 0.15) is 0 Å². The van der Waals surface area contributed by atoms with E-state index >= 15 is 0 Å². The van der Waals surface area contributed by atoms with Gasteiger partial charge < -0.3 is 10.6 Å². The summed E-state index contributed by atoms with van der Waals surface area (Å²) >= 11 is 0. The van der Waals surface area contributed by atoms with Crippen molar-refractivity contribution in [3.05, 3.63) is 46.3 Å². The Kier molecular flexibility index (Phi) is 6.05. The lowest BCUT2D eigenvalue weighted by Gasteiger charge is -2.34. The molecule has 2 aromatic rings. The summed E-state index contributed by atoms with van der Waals surface area (Å²) in [6.45, 7) is 1.08. The number of nitrogens with zero attached hydrogens (tertiary/aromatic N) is 5. The zero-order valence-electron chi connectivity index (χ0n) is 13.4. The molecule has 1 fully saturated rings. The van der Waals surface area contributed by atoms with Crippen LogP contribution in [0.15, 0.2) is 30.5 Å². The van der Waals surface area contributed by atoms with Gasteiger partial charge in [-0.2, -0.15) is 0 Å². The molecule has 3 rings (SSSR count). The Morgan fingerprint density at radius 3 is 2.92 bits per heavy atom. The topological polar surface area (TPSA) is 120 Å². The molecule has 1 saturated heterocycles. The number of halogens is 1. The molecular formula is C15H19ClN6O3. The van der Waals surface area contributed by atoms with E-state index in [1.165, 1.54) is 23.0 Å². The summed E-state index contributed by atoms with van der Waals surface area (Å²) in [7, 11) is 0. The van der Waals surface area contributed by atoms with Crippen LogP contribution < -0.4 is 5.73 Å². The van der Waals surface area contributed by atoms with Crippen LogP contribution in [-0.4, -0.2) is 49.9 Å². The minimum Gasteiger partial charge on any atom is -0.333 e. The van der Waals surface area contributed by atoms with Crippen LogP contribution in [0.25, 0.3) is 5.69 Å². The normalized spacial score (nSPS) is 17.0. The molecule has 25 heavy (non-hydrogen) atoms. The van der Waals surface area contributed by atoms with E-state index in [0.29, 0.717) is 18.8 Å². The smallest absolute Gasteiger partial charge is 0.276 e. The molecule has 1 aliphatic heterocycles. The van der Waals surface area contributed by atoms with Crippen LogP contribution in [-0.2, 0) is 0 Å². The minimum absolute atomic E-state index is 0. The number of piperidine rings is 1. The van der Waals surface area contributed by atoms with E-state index in [4.69, 9.17) is 5.73 Å². The molecule has 0 bridgehead atoms. The fourth-order valence-corrected chi connectivity index (χ4v) is 2.90. The van der Waals surface area contributed by atoms with Gasteiger partial charge in [0.15, 0.2) is 5.69 Å². The lowest BCUT2D eigenvalue weighted by atomic mass is 10.0. The van der Waals surface area contributed by atoms with E-state index in [0.717, 1.165) is 19.3 Å². The summed E-state index contributed by atoms with van der Waals surface area (Å²) in [4.78, 5) is 24.8. The first-order valence-electron chi connectivity index (χ1n) is 7.78. The first kappa shape index (κ1) is 18.8. The van der Waals surface area contributed by atoms with Crippen LogP contribution in [0.4, 0.5) is 5.69 Å². The summed E-state index contributed by atoms with van der Waals surface area (Å²) in [5, 5.41) is 18.7. The monoisotopic (exact) mass is 366 g/mol. The van der Waals surface area contributed by atoms with Crippen molar-refractivity contribution in [1.29, 1.82) is 0 Å². The summed E-state index contributed by atoms with van der Waals surface area (Å²) < 4.78 is 1.36. The highest BCUT2D eigenvalue weighted by molar-refractivity contribution is 5.92. The quantitative estimate of drug-likeness (QED) is 0.647. The highest BCUT2D eigenvalue weighted by Crippen LogP contribution is 2.19. The molecule has 0 saturated carbocycles. The maximum atomic E-state index is 12.6. The Morgan fingerprint density at radius 2 is 2.20 bits per heavy atom. The van der Waals surface area contributed by atoms with Gasteiger partial charge >= 0.3 is 0 Å². The van der Waals surface area contributed by atoms with Crippen LogP contribution in [0, 0.1) is 10.1 Å². The second kappa shape index (κ2) is 8.04. The number of carbonyl (C=O) groups excluding carboxylic acids is 1. The number of likely N-dealkylation sites (tertiary alicyclic amines) is 1. The standard InChI is InChI=1S/C15H18N6O3.ClH/c16-9-13-4-1-2-7-19(13)15(22)14-10-20(18-17-14)11-5-3-6-12(8-11)21(23)24;/h3,5-6,8,10,13H,1-2,4,7,9,16H2;1H. The number of nitro benzene ring substituents is 1. The van der Waals surface area contributed by atoms with Crippen molar-refractivity contribution in [1.82, 2.24) is 19.9 Å². The van der Waals surface area contributed by atoms with Crippen molar-refractivity contribution in [2.24, 2.45) is 5.73 Å². The predicted molar refractivity (Wildman–Crippen MR) is 93.0 cm³/mol. The zero-order chi connectivity index (χ0) is 17.1. The van der Waals surface area contributed by atoms with Crippen LogP contribution >= 0.6 is 12.4 Å². The molecule has 1 amide bonds. The molecular weight excluding hydrogens is 348 g/mol. The summed E-state index contributed by atoms with van der Waals surface area (Å²) in [6, 6.07) is 6.03. The van der Waals surface area contributed by atoms with Crippen molar-refractivity contribution >= 4 is 24.0 Å². The van der Waals surface area contributed by atoms with Gasteiger partial charge in [-0.3, -0.25) is 14.9 Å². The number of aromatic nitrogens is 3. The third kappa shape index (κ3) is 3.94. The van der Waals surface area contributed by atoms with E-state index in [2.05, 4.69) is 10.3 Å². The third-order valence-electron chi connectivity index (χ3n) is 4.18. The minimum atomic E-state index is -0.480. The molecule has 9 nitrogen and oxygen atoms in total. The van der Waals surface area contributed by atoms with E-state index in [-0.39, 0.29) is 35.7 Å². The average Bonchev–Trinajstić information content (AvgIpc) is 3.11. The molecule has 2 N–H and O–H groups in total. The van der Waals surface area contributed by atoms with Gasteiger partial charge in [-0.15, -0.1) is 17.5 Å². The van der Waals surface area contributed by atoms with Gasteiger partial charge in [0.2, 0.25) is 0 Å². The number of hydrogen-bond acceptors (Lipinski definition) is 6. The number of rotatable bonds is 4. The zero-order valence-corrected chi connectivity index (χ0v) is 14.3. The highest BCUT2D eigenvalue weighted by atomic mass is 35.5. The molecule has 1 aromatic heterocycles. The highest BCUT2D eigenvalue weighted by Gasteiger charge is 2.28. The van der Waals surface area contributed by atoms with Crippen LogP contribution in [0.2, 0.25) is 0 Å². The molecule has 134 valence electrons. The molecule has 2 heterocycles. The Bertz CT molecular complexity index is 765. The van der Waals surface area contributed by atoms with Crippen LogP contribution in [0.3, 0.4) is 0 Å². The average molecular weight is 367 g/mol. The number of amides is 1. The van der Waals surface area contributed by atoms with E-state index in [1.807, 2.05) is 0 Å².